The quantitative estimate of drug-likeness (QED) is 0.604. The molecular formula is C28H30F3N3O3. The molecule has 37 heavy (non-hydrogen) atoms. The van der Waals surface area contributed by atoms with Crippen LogP contribution in [-0.4, -0.2) is 46.9 Å². The SMILES string of the molecule is C=C1CCC(N2Cc3c(OCc4ccc(CN5CCC(C(F)(F)F)CC5)cc4)cccc3C2=O)C(=O)N1. The summed E-state index contributed by atoms with van der Waals surface area (Å²) < 4.78 is 44.8. The van der Waals surface area contributed by atoms with Crippen molar-refractivity contribution in [2.45, 2.75) is 57.6 Å². The summed E-state index contributed by atoms with van der Waals surface area (Å²) in [4.78, 5) is 29.1. The second-order valence-corrected chi connectivity index (χ2v) is 10.1. The van der Waals surface area contributed by atoms with Crippen LogP contribution in [-0.2, 0) is 24.5 Å². The lowest BCUT2D eigenvalue weighted by molar-refractivity contribution is -0.185. The van der Waals surface area contributed by atoms with Gasteiger partial charge < -0.3 is 15.0 Å². The Morgan fingerprint density at radius 1 is 1.00 bits per heavy atom. The Balaban J connectivity index is 1.17. The molecule has 3 aliphatic rings. The fourth-order valence-electron chi connectivity index (χ4n) is 5.35. The molecular weight excluding hydrogens is 483 g/mol. The number of amides is 2. The van der Waals surface area contributed by atoms with Gasteiger partial charge in [0.15, 0.2) is 0 Å². The van der Waals surface area contributed by atoms with E-state index in [-0.39, 0.29) is 24.7 Å². The van der Waals surface area contributed by atoms with Crippen molar-refractivity contribution in [2.24, 2.45) is 5.92 Å². The van der Waals surface area contributed by atoms with E-state index in [1.165, 1.54) is 0 Å². The van der Waals surface area contributed by atoms with Gasteiger partial charge in [-0.3, -0.25) is 14.5 Å². The minimum absolute atomic E-state index is 0.150. The van der Waals surface area contributed by atoms with Gasteiger partial charge in [-0.15, -0.1) is 0 Å². The first-order chi connectivity index (χ1) is 17.7. The fourth-order valence-corrected chi connectivity index (χ4v) is 5.35. The smallest absolute Gasteiger partial charge is 0.391 e. The molecule has 196 valence electrons. The van der Waals surface area contributed by atoms with Gasteiger partial charge in [-0.2, -0.15) is 13.2 Å². The van der Waals surface area contributed by atoms with Crippen LogP contribution in [0.4, 0.5) is 13.2 Å². The van der Waals surface area contributed by atoms with Crippen molar-refractivity contribution in [2.75, 3.05) is 13.1 Å². The third-order valence-corrected chi connectivity index (χ3v) is 7.53. The van der Waals surface area contributed by atoms with Gasteiger partial charge in [0.25, 0.3) is 5.91 Å². The number of piperidine rings is 2. The van der Waals surface area contributed by atoms with Crippen LogP contribution in [0.25, 0.3) is 0 Å². The second-order valence-electron chi connectivity index (χ2n) is 10.1. The molecule has 2 saturated heterocycles. The highest BCUT2D eigenvalue weighted by Crippen LogP contribution is 2.35. The Hall–Kier alpha value is -3.33. The number of hydrogen-bond donors (Lipinski definition) is 1. The van der Waals surface area contributed by atoms with E-state index in [1.54, 1.807) is 17.0 Å². The number of alkyl halides is 3. The molecule has 5 rings (SSSR count). The molecule has 0 spiro atoms. The van der Waals surface area contributed by atoms with Crippen LogP contribution in [0.2, 0.25) is 0 Å². The summed E-state index contributed by atoms with van der Waals surface area (Å²) in [6.07, 6.45) is -2.61. The Kier molecular flexibility index (Phi) is 6.98. The molecule has 2 aromatic carbocycles. The van der Waals surface area contributed by atoms with Gasteiger partial charge in [0.05, 0.1) is 12.5 Å². The van der Waals surface area contributed by atoms with E-state index in [0.29, 0.717) is 62.6 Å². The molecule has 1 N–H and O–H groups in total. The number of carbonyl (C=O) groups excluding carboxylic acids is 2. The number of carbonyl (C=O) groups is 2. The number of benzene rings is 2. The van der Waals surface area contributed by atoms with Crippen LogP contribution in [0, 0.1) is 5.92 Å². The summed E-state index contributed by atoms with van der Waals surface area (Å²) in [6, 6.07) is 12.7. The number of fused-ring (bicyclic) bond motifs is 1. The normalized spacial score (nSPS) is 21.2. The van der Waals surface area contributed by atoms with Gasteiger partial charge in [-0.05, 0) is 62.0 Å². The molecule has 0 bridgehead atoms. The number of hydrogen-bond acceptors (Lipinski definition) is 4. The molecule has 3 aliphatic heterocycles. The van der Waals surface area contributed by atoms with Crippen LogP contribution in [0.5, 0.6) is 5.75 Å². The third-order valence-electron chi connectivity index (χ3n) is 7.53. The molecule has 9 heteroatoms. The lowest BCUT2D eigenvalue weighted by atomic mass is 9.96. The van der Waals surface area contributed by atoms with Crippen LogP contribution in [0.15, 0.2) is 54.7 Å². The average Bonchev–Trinajstić information content (AvgIpc) is 3.20. The minimum atomic E-state index is -4.10. The molecule has 1 atom stereocenters. The van der Waals surface area contributed by atoms with Gasteiger partial charge in [0.2, 0.25) is 5.91 Å². The number of ether oxygens (including phenoxy) is 1. The maximum Gasteiger partial charge on any atom is 0.391 e. The zero-order chi connectivity index (χ0) is 26.2. The first-order valence-corrected chi connectivity index (χ1v) is 12.6. The number of allylic oxidation sites excluding steroid dienone is 1. The Morgan fingerprint density at radius 3 is 2.38 bits per heavy atom. The highest BCUT2D eigenvalue weighted by Gasteiger charge is 2.41. The van der Waals surface area contributed by atoms with E-state index in [4.69, 9.17) is 4.74 Å². The van der Waals surface area contributed by atoms with Crippen LogP contribution in [0.3, 0.4) is 0 Å². The van der Waals surface area contributed by atoms with Crippen molar-refractivity contribution in [1.29, 1.82) is 0 Å². The van der Waals surface area contributed by atoms with Crippen molar-refractivity contribution in [3.8, 4) is 5.75 Å². The van der Waals surface area contributed by atoms with Crippen molar-refractivity contribution >= 4 is 11.8 Å². The minimum Gasteiger partial charge on any atom is -0.489 e. The van der Waals surface area contributed by atoms with Crippen molar-refractivity contribution in [3.05, 3.63) is 77.0 Å². The summed E-state index contributed by atoms with van der Waals surface area (Å²) in [7, 11) is 0. The van der Waals surface area contributed by atoms with E-state index in [2.05, 4.69) is 16.8 Å². The van der Waals surface area contributed by atoms with E-state index >= 15 is 0 Å². The highest BCUT2D eigenvalue weighted by atomic mass is 19.4. The van der Waals surface area contributed by atoms with Crippen LogP contribution in [0.1, 0.15) is 52.7 Å². The molecule has 2 amide bonds. The Bertz CT molecular complexity index is 1190. The van der Waals surface area contributed by atoms with Gasteiger partial charge in [0, 0.05) is 23.4 Å². The first kappa shape index (κ1) is 25.3. The van der Waals surface area contributed by atoms with E-state index in [0.717, 1.165) is 16.7 Å². The Morgan fingerprint density at radius 2 is 1.70 bits per heavy atom. The zero-order valence-corrected chi connectivity index (χ0v) is 20.5. The molecule has 2 fully saturated rings. The van der Waals surface area contributed by atoms with E-state index < -0.39 is 18.1 Å². The van der Waals surface area contributed by atoms with E-state index in [9.17, 15) is 22.8 Å². The molecule has 0 radical (unpaired) electrons. The van der Waals surface area contributed by atoms with Crippen molar-refractivity contribution < 1.29 is 27.5 Å². The molecule has 6 nitrogen and oxygen atoms in total. The second kappa shape index (κ2) is 10.2. The van der Waals surface area contributed by atoms with Gasteiger partial charge in [-0.25, -0.2) is 0 Å². The number of likely N-dealkylation sites (tertiary alicyclic amines) is 1. The van der Waals surface area contributed by atoms with E-state index in [1.807, 2.05) is 30.3 Å². The number of rotatable bonds is 6. The zero-order valence-electron chi connectivity index (χ0n) is 20.5. The molecule has 3 heterocycles. The predicted molar refractivity (Wildman–Crippen MR) is 131 cm³/mol. The maximum absolute atomic E-state index is 13.0. The topological polar surface area (TPSA) is 61.9 Å². The first-order valence-electron chi connectivity index (χ1n) is 12.6. The van der Waals surface area contributed by atoms with Gasteiger partial charge in [-0.1, -0.05) is 36.9 Å². The highest BCUT2D eigenvalue weighted by molar-refractivity contribution is 6.02. The summed E-state index contributed by atoms with van der Waals surface area (Å²) in [5.74, 6) is -0.947. The van der Waals surface area contributed by atoms with Crippen LogP contribution < -0.4 is 10.1 Å². The Labute approximate surface area is 214 Å². The molecule has 1 unspecified atom stereocenters. The predicted octanol–water partition coefficient (Wildman–Crippen LogP) is 4.79. The standard InChI is InChI=1S/C28H30F3N3O3/c1-18-5-10-24(26(35)32-18)34-16-23-22(27(34)36)3-2-4-25(23)37-17-20-8-6-19(7-9-20)15-33-13-11-21(12-14-33)28(29,30)31/h2-4,6-9,21,24H,1,5,10-17H2,(H,32,35). The molecule has 0 aromatic heterocycles. The van der Waals surface area contributed by atoms with Gasteiger partial charge in [0.1, 0.15) is 18.4 Å². The molecule has 2 aromatic rings. The number of nitrogens with one attached hydrogen (secondary N) is 1. The molecule has 0 aliphatic carbocycles. The monoisotopic (exact) mass is 513 g/mol. The average molecular weight is 514 g/mol. The third kappa shape index (κ3) is 5.51. The summed E-state index contributed by atoms with van der Waals surface area (Å²) >= 11 is 0. The largest absolute Gasteiger partial charge is 0.489 e. The number of nitrogens with zero attached hydrogens (tertiary/aromatic N) is 2. The summed E-state index contributed by atoms with van der Waals surface area (Å²) in [5, 5.41) is 2.75. The van der Waals surface area contributed by atoms with Crippen molar-refractivity contribution in [3.63, 3.8) is 0 Å². The fraction of sp³-hybridized carbons (Fsp3) is 0.429. The maximum atomic E-state index is 13.0. The lowest BCUT2D eigenvalue weighted by Gasteiger charge is -2.32. The van der Waals surface area contributed by atoms with Crippen LogP contribution >= 0.6 is 0 Å². The summed E-state index contributed by atoms with van der Waals surface area (Å²) in [5.41, 5.74) is 4.00. The number of halogens is 3. The summed E-state index contributed by atoms with van der Waals surface area (Å²) in [6.45, 7) is 5.95. The van der Waals surface area contributed by atoms with Gasteiger partial charge >= 0.3 is 6.18 Å². The lowest BCUT2D eigenvalue weighted by Crippen LogP contribution is -2.49. The molecule has 0 saturated carbocycles. The van der Waals surface area contributed by atoms with Crippen molar-refractivity contribution in [1.82, 2.24) is 15.1 Å².